The van der Waals surface area contributed by atoms with E-state index in [0.717, 1.165) is 10.9 Å². The number of aliphatic hydroxyl groups is 1. The smallest absolute Gasteiger partial charge is 0.251 e. The number of ether oxygens (including phenoxy) is 1. The standard InChI is InChI=1S/C13H16N2O3/c1-18-11-4-2-9-3-5-13(17)15(12(9)6-11)8-10(16)7-14/h2-6,10,16H,7-8,14H2,1H3/t10-/m1/s1. The van der Waals surface area contributed by atoms with E-state index in [2.05, 4.69) is 0 Å². The van der Waals surface area contributed by atoms with Gasteiger partial charge >= 0.3 is 0 Å². The van der Waals surface area contributed by atoms with E-state index in [-0.39, 0.29) is 18.6 Å². The normalized spacial score (nSPS) is 12.6. The monoisotopic (exact) mass is 248 g/mol. The van der Waals surface area contributed by atoms with Crippen molar-refractivity contribution in [2.75, 3.05) is 13.7 Å². The second-order valence-electron chi connectivity index (χ2n) is 4.10. The predicted octanol–water partition coefficient (Wildman–Crippen LogP) is 0.330. The van der Waals surface area contributed by atoms with Crippen molar-refractivity contribution in [1.82, 2.24) is 4.57 Å². The van der Waals surface area contributed by atoms with Crippen molar-refractivity contribution in [3.05, 3.63) is 40.7 Å². The Morgan fingerprint density at radius 2 is 2.11 bits per heavy atom. The second-order valence-corrected chi connectivity index (χ2v) is 4.10. The zero-order chi connectivity index (χ0) is 13.1. The third kappa shape index (κ3) is 2.37. The first-order valence-corrected chi connectivity index (χ1v) is 5.71. The molecule has 0 spiro atoms. The molecule has 2 rings (SSSR count). The van der Waals surface area contributed by atoms with Gasteiger partial charge in [0.05, 0.1) is 25.3 Å². The van der Waals surface area contributed by atoms with Gasteiger partial charge in [-0.3, -0.25) is 4.79 Å². The van der Waals surface area contributed by atoms with Crippen LogP contribution >= 0.6 is 0 Å². The molecule has 2 aromatic rings. The maximum Gasteiger partial charge on any atom is 0.251 e. The summed E-state index contributed by atoms with van der Waals surface area (Å²) in [6.45, 7) is 0.298. The third-order valence-electron chi connectivity index (χ3n) is 2.87. The number of nitrogens with zero attached hydrogens (tertiary/aromatic N) is 1. The van der Waals surface area contributed by atoms with Gasteiger partial charge in [0.2, 0.25) is 0 Å². The molecule has 96 valence electrons. The molecule has 0 aliphatic rings. The molecule has 0 saturated heterocycles. The lowest BCUT2D eigenvalue weighted by Crippen LogP contribution is -2.31. The van der Waals surface area contributed by atoms with E-state index >= 15 is 0 Å². The van der Waals surface area contributed by atoms with Crippen LogP contribution in [0, 0.1) is 0 Å². The molecule has 1 atom stereocenters. The van der Waals surface area contributed by atoms with Gasteiger partial charge in [0, 0.05) is 18.7 Å². The summed E-state index contributed by atoms with van der Waals surface area (Å²) in [6.07, 6.45) is -0.737. The lowest BCUT2D eigenvalue weighted by molar-refractivity contribution is 0.162. The van der Waals surface area contributed by atoms with Crippen LogP contribution in [-0.4, -0.2) is 29.4 Å². The summed E-state index contributed by atoms with van der Waals surface area (Å²) in [5.41, 5.74) is 5.95. The molecule has 1 heterocycles. The van der Waals surface area contributed by atoms with Crippen LogP contribution in [-0.2, 0) is 6.54 Å². The third-order valence-corrected chi connectivity index (χ3v) is 2.87. The number of fused-ring (bicyclic) bond motifs is 1. The first kappa shape index (κ1) is 12.6. The highest BCUT2D eigenvalue weighted by Crippen LogP contribution is 2.19. The molecule has 1 aromatic carbocycles. The average Bonchev–Trinajstić information content (AvgIpc) is 2.41. The van der Waals surface area contributed by atoms with Crippen molar-refractivity contribution in [2.24, 2.45) is 5.73 Å². The topological polar surface area (TPSA) is 77.5 Å². The number of methoxy groups -OCH3 is 1. The van der Waals surface area contributed by atoms with Crippen molar-refractivity contribution in [1.29, 1.82) is 0 Å². The molecule has 0 amide bonds. The molecule has 18 heavy (non-hydrogen) atoms. The summed E-state index contributed by atoms with van der Waals surface area (Å²) >= 11 is 0. The molecule has 1 aromatic heterocycles. The Hall–Kier alpha value is -1.85. The Labute approximate surface area is 104 Å². The Kier molecular flexibility index (Phi) is 3.64. The molecule has 5 heteroatoms. The molecule has 0 fully saturated rings. The molecule has 0 bridgehead atoms. The van der Waals surface area contributed by atoms with Crippen molar-refractivity contribution < 1.29 is 9.84 Å². The van der Waals surface area contributed by atoms with Crippen LogP contribution in [0.2, 0.25) is 0 Å². The first-order valence-electron chi connectivity index (χ1n) is 5.71. The summed E-state index contributed by atoms with van der Waals surface area (Å²) in [4.78, 5) is 11.9. The summed E-state index contributed by atoms with van der Waals surface area (Å²) < 4.78 is 6.66. The van der Waals surface area contributed by atoms with E-state index in [0.29, 0.717) is 5.75 Å². The number of benzene rings is 1. The van der Waals surface area contributed by atoms with Crippen LogP contribution in [0.1, 0.15) is 0 Å². The quantitative estimate of drug-likeness (QED) is 0.817. The van der Waals surface area contributed by atoms with E-state index < -0.39 is 6.10 Å². The van der Waals surface area contributed by atoms with E-state index in [1.165, 1.54) is 10.6 Å². The number of rotatable bonds is 4. The first-order chi connectivity index (χ1) is 8.65. The minimum Gasteiger partial charge on any atom is -0.497 e. The van der Waals surface area contributed by atoms with Gasteiger partial charge in [-0.25, -0.2) is 0 Å². The van der Waals surface area contributed by atoms with Crippen LogP contribution in [0.5, 0.6) is 5.75 Å². The molecule has 0 unspecified atom stereocenters. The minimum atomic E-state index is -0.737. The lowest BCUT2D eigenvalue weighted by Gasteiger charge is -2.14. The summed E-state index contributed by atoms with van der Waals surface area (Å²) in [6, 6.07) is 8.72. The summed E-state index contributed by atoms with van der Waals surface area (Å²) in [5.74, 6) is 0.670. The number of nitrogens with two attached hydrogens (primary N) is 1. The minimum absolute atomic E-state index is 0.118. The van der Waals surface area contributed by atoms with Crippen LogP contribution < -0.4 is 16.0 Å². The molecule has 5 nitrogen and oxygen atoms in total. The largest absolute Gasteiger partial charge is 0.497 e. The van der Waals surface area contributed by atoms with Crippen LogP contribution in [0.4, 0.5) is 0 Å². The van der Waals surface area contributed by atoms with Gasteiger partial charge in [0.1, 0.15) is 5.75 Å². The number of pyridine rings is 1. The zero-order valence-corrected chi connectivity index (χ0v) is 10.2. The lowest BCUT2D eigenvalue weighted by atomic mass is 10.2. The van der Waals surface area contributed by atoms with Crippen molar-refractivity contribution in [3.63, 3.8) is 0 Å². The van der Waals surface area contributed by atoms with Gasteiger partial charge in [-0.05, 0) is 23.6 Å². The zero-order valence-electron chi connectivity index (χ0n) is 10.2. The highest BCUT2D eigenvalue weighted by Gasteiger charge is 2.08. The fraction of sp³-hybridized carbons (Fsp3) is 0.308. The summed E-state index contributed by atoms with van der Waals surface area (Å²) in [5, 5.41) is 10.5. The number of hydrogen-bond donors (Lipinski definition) is 2. The van der Waals surface area contributed by atoms with Crippen LogP contribution in [0.25, 0.3) is 10.9 Å². The van der Waals surface area contributed by atoms with Crippen molar-refractivity contribution in [2.45, 2.75) is 12.6 Å². The van der Waals surface area contributed by atoms with Gasteiger partial charge < -0.3 is 20.1 Å². The average molecular weight is 248 g/mol. The van der Waals surface area contributed by atoms with Crippen LogP contribution in [0.3, 0.4) is 0 Å². The molecular weight excluding hydrogens is 232 g/mol. The van der Waals surface area contributed by atoms with Crippen LogP contribution in [0.15, 0.2) is 35.1 Å². The van der Waals surface area contributed by atoms with Gasteiger partial charge in [0.25, 0.3) is 5.56 Å². The van der Waals surface area contributed by atoms with Gasteiger partial charge in [-0.2, -0.15) is 0 Å². The SMILES string of the molecule is COc1ccc2ccc(=O)n(C[C@H](O)CN)c2c1. The summed E-state index contributed by atoms with van der Waals surface area (Å²) in [7, 11) is 1.57. The Balaban J connectivity index is 2.60. The van der Waals surface area contributed by atoms with E-state index in [9.17, 15) is 9.90 Å². The molecule has 0 aliphatic carbocycles. The second kappa shape index (κ2) is 5.20. The molecule has 0 radical (unpaired) electrons. The maximum absolute atomic E-state index is 11.9. The van der Waals surface area contributed by atoms with Gasteiger partial charge in [-0.1, -0.05) is 0 Å². The highest BCUT2D eigenvalue weighted by molar-refractivity contribution is 5.80. The Morgan fingerprint density at radius 3 is 2.78 bits per heavy atom. The van der Waals surface area contributed by atoms with Gasteiger partial charge in [0.15, 0.2) is 0 Å². The fourth-order valence-electron chi connectivity index (χ4n) is 1.87. The Morgan fingerprint density at radius 1 is 1.39 bits per heavy atom. The fourth-order valence-corrected chi connectivity index (χ4v) is 1.87. The molecule has 0 saturated carbocycles. The number of aromatic nitrogens is 1. The van der Waals surface area contributed by atoms with Crippen molar-refractivity contribution in [3.8, 4) is 5.75 Å². The molecule has 0 aliphatic heterocycles. The Bertz CT molecular complexity index is 607. The number of hydrogen-bond acceptors (Lipinski definition) is 4. The highest BCUT2D eigenvalue weighted by atomic mass is 16.5. The molecule has 3 N–H and O–H groups in total. The van der Waals surface area contributed by atoms with Gasteiger partial charge in [-0.15, -0.1) is 0 Å². The van der Waals surface area contributed by atoms with E-state index in [1.54, 1.807) is 19.2 Å². The van der Waals surface area contributed by atoms with Crippen molar-refractivity contribution >= 4 is 10.9 Å². The van der Waals surface area contributed by atoms with E-state index in [4.69, 9.17) is 10.5 Å². The molecular formula is C13H16N2O3. The predicted molar refractivity (Wildman–Crippen MR) is 69.8 cm³/mol. The van der Waals surface area contributed by atoms with E-state index in [1.807, 2.05) is 12.1 Å². The number of aliphatic hydroxyl groups excluding tert-OH is 1. The maximum atomic E-state index is 11.9.